The Balaban J connectivity index is 2.17. The molecule has 0 aliphatic rings. The molecule has 1 N–H and O–H groups in total. The number of hydrogen-bond donors (Lipinski definition) is 1. The number of aliphatic hydroxyl groups is 1. The van der Waals surface area contributed by atoms with Crippen LogP contribution in [0.4, 0.5) is 0 Å². The van der Waals surface area contributed by atoms with Gasteiger partial charge < -0.3 is 14.6 Å². The maximum Gasteiger partial charge on any atom is 0.160 e. The topological polar surface area (TPSA) is 38.7 Å². The van der Waals surface area contributed by atoms with E-state index >= 15 is 0 Å². The summed E-state index contributed by atoms with van der Waals surface area (Å²) in [7, 11) is 3.21. The molecule has 102 valence electrons. The number of halogens is 1. The van der Waals surface area contributed by atoms with Gasteiger partial charge in [-0.2, -0.15) is 11.3 Å². The third kappa shape index (κ3) is 3.29. The highest BCUT2D eigenvalue weighted by Gasteiger charge is 2.14. The highest BCUT2D eigenvalue weighted by molar-refractivity contribution is 9.10. The molecule has 0 bridgehead atoms. The van der Waals surface area contributed by atoms with Crippen molar-refractivity contribution in [3.8, 4) is 11.5 Å². The van der Waals surface area contributed by atoms with E-state index in [2.05, 4.69) is 15.9 Å². The quantitative estimate of drug-likeness (QED) is 0.897. The predicted octanol–water partition coefficient (Wildman–Crippen LogP) is 3.80. The van der Waals surface area contributed by atoms with Crippen LogP contribution in [-0.4, -0.2) is 19.3 Å². The van der Waals surface area contributed by atoms with Crippen molar-refractivity contribution in [2.24, 2.45) is 0 Å². The third-order valence-corrected chi connectivity index (χ3v) is 4.63. The monoisotopic (exact) mass is 342 g/mol. The minimum absolute atomic E-state index is 0.529. The standard InChI is InChI=1S/C14H15BrO3S/c1-17-13-4-3-9(6-14(13)18-2)5-12(16)10-7-19-8-11(10)15/h3-4,6-8,12,16H,5H2,1-2H3. The summed E-state index contributed by atoms with van der Waals surface area (Å²) in [6.45, 7) is 0. The van der Waals surface area contributed by atoms with Crippen LogP contribution in [0.2, 0.25) is 0 Å². The van der Waals surface area contributed by atoms with Gasteiger partial charge in [0.2, 0.25) is 0 Å². The first-order valence-corrected chi connectivity index (χ1v) is 7.49. The zero-order valence-corrected chi connectivity index (χ0v) is 13.1. The van der Waals surface area contributed by atoms with E-state index in [1.54, 1.807) is 25.6 Å². The Labute approximate surface area is 124 Å². The third-order valence-electron chi connectivity index (χ3n) is 2.88. The molecule has 1 unspecified atom stereocenters. The normalized spacial score (nSPS) is 12.2. The van der Waals surface area contributed by atoms with Crippen molar-refractivity contribution in [2.75, 3.05) is 14.2 Å². The molecular formula is C14H15BrO3S. The van der Waals surface area contributed by atoms with Gasteiger partial charge in [0.25, 0.3) is 0 Å². The molecule has 0 amide bonds. The summed E-state index contributed by atoms with van der Waals surface area (Å²) in [5, 5.41) is 14.2. The Morgan fingerprint density at radius 3 is 2.53 bits per heavy atom. The van der Waals surface area contributed by atoms with Gasteiger partial charge in [-0.05, 0) is 39.0 Å². The summed E-state index contributed by atoms with van der Waals surface area (Å²) in [5.74, 6) is 1.37. The Hall–Kier alpha value is -1.04. The number of methoxy groups -OCH3 is 2. The number of benzene rings is 1. The van der Waals surface area contributed by atoms with Crippen molar-refractivity contribution in [3.63, 3.8) is 0 Å². The minimum atomic E-state index is -0.529. The van der Waals surface area contributed by atoms with E-state index in [1.807, 2.05) is 29.0 Å². The molecular weight excluding hydrogens is 328 g/mol. The van der Waals surface area contributed by atoms with Gasteiger partial charge in [0.15, 0.2) is 11.5 Å². The van der Waals surface area contributed by atoms with Crippen LogP contribution in [0.15, 0.2) is 33.4 Å². The van der Waals surface area contributed by atoms with Crippen molar-refractivity contribution in [2.45, 2.75) is 12.5 Å². The van der Waals surface area contributed by atoms with Crippen LogP contribution in [0, 0.1) is 0 Å². The van der Waals surface area contributed by atoms with E-state index < -0.39 is 6.10 Å². The van der Waals surface area contributed by atoms with Crippen LogP contribution in [0.25, 0.3) is 0 Å². The summed E-state index contributed by atoms with van der Waals surface area (Å²) in [4.78, 5) is 0. The molecule has 19 heavy (non-hydrogen) atoms. The Kier molecular flexibility index (Phi) is 4.85. The molecule has 0 aliphatic carbocycles. The molecule has 0 spiro atoms. The molecule has 2 rings (SSSR count). The van der Waals surface area contributed by atoms with E-state index in [0.29, 0.717) is 17.9 Å². The molecule has 1 aromatic carbocycles. The Bertz CT molecular complexity index is 553. The minimum Gasteiger partial charge on any atom is -0.493 e. The number of thiophene rings is 1. The summed E-state index contributed by atoms with van der Waals surface area (Å²) in [6.07, 6.45) is 0.00843. The Morgan fingerprint density at radius 2 is 1.95 bits per heavy atom. The first-order valence-electron chi connectivity index (χ1n) is 5.76. The molecule has 0 fully saturated rings. The maximum atomic E-state index is 10.2. The summed E-state index contributed by atoms with van der Waals surface area (Å²) in [5.41, 5.74) is 1.92. The number of aliphatic hydroxyl groups excluding tert-OH is 1. The van der Waals surface area contributed by atoms with Crippen molar-refractivity contribution < 1.29 is 14.6 Å². The molecule has 3 nitrogen and oxygen atoms in total. The lowest BCUT2D eigenvalue weighted by Crippen LogP contribution is -2.02. The lowest BCUT2D eigenvalue weighted by molar-refractivity contribution is 0.178. The van der Waals surface area contributed by atoms with E-state index in [9.17, 15) is 5.11 Å². The first kappa shape index (κ1) is 14.4. The zero-order valence-electron chi connectivity index (χ0n) is 10.7. The average molecular weight is 343 g/mol. The predicted molar refractivity (Wildman–Crippen MR) is 80.2 cm³/mol. The maximum absolute atomic E-state index is 10.2. The molecule has 2 aromatic rings. The fourth-order valence-corrected chi connectivity index (χ4v) is 3.48. The van der Waals surface area contributed by atoms with E-state index in [1.165, 1.54) is 0 Å². The van der Waals surface area contributed by atoms with Crippen LogP contribution in [0.1, 0.15) is 17.2 Å². The van der Waals surface area contributed by atoms with Crippen LogP contribution >= 0.6 is 27.3 Å². The van der Waals surface area contributed by atoms with E-state index in [4.69, 9.17) is 9.47 Å². The summed E-state index contributed by atoms with van der Waals surface area (Å²) >= 11 is 5.00. The summed E-state index contributed by atoms with van der Waals surface area (Å²) in [6, 6.07) is 5.68. The Morgan fingerprint density at radius 1 is 1.21 bits per heavy atom. The van der Waals surface area contributed by atoms with Gasteiger partial charge in [0.05, 0.1) is 20.3 Å². The number of hydrogen-bond acceptors (Lipinski definition) is 4. The number of rotatable bonds is 5. The van der Waals surface area contributed by atoms with E-state index in [-0.39, 0.29) is 0 Å². The van der Waals surface area contributed by atoms with Gasteiger partial charge in [-0.1, -0.05) is 6.07 Å². The lowest BCUT2D eigenvalue weighted by atomic mass is 10.0. The molecule has 0 saturated heterocycles. The largest absolute Gasteiger partial charge is 0.493 e. The van der Waals surface area contributed by atoms with Crippen molar-refractivity contribution in [3.05, 3.63) is 44.6 Å². The second kappa shape index (κ2) is 6.41. The second-order valence-electron chi connectivity index (χ2n) is 4.08. The average Bonchev–Trinajstić information content (AvgIpc) is 2.85. The molecule has 0 aliphatic heterocycles. The fraction of sp³-hybridized carbons (Fsp3) is 0.286. The number of ether oxygens (including phenoxy) is 2. The molecule has 0 radical (unpaired) electrons. The van der Waals surface area contributed by atoms with Crippen LogP contribution in [-0.2, 0) is 6.42 Å². The van der Waals surface area contributed by atoms with Gasteiger partial charge >= 0.3 is 0 Å². The smallest absolute Gasteiger partial charge is 0.160 e. The highest BCUT2D eigenvalue weighted by atomic mass is 79.9. The summed E-state index contributed by atoms with van der Waals surface area (Å²) < 4.78 is 11.4. The van der Waals surface area contributed by atoms with Crippen LogP contribution in [0.5, 0.6) is 11.5 Å². The zero-order chi connectivity index (χ0) is 13.8. The lowest BCUT2D eigenvalue weighted by Gasteiger charge is -2.13. The molecule has 1 aromatic heterocycles. The van der Waals surface area contributed by atoms with Crippen LogP contribution < -0.4 is 9.47 Å². The molecule has 0 saturated carbocycles. The van der Waals surface area contributed by atoms with Gasteiger partial charge in [0.1, 0.15) is 0 Å². The molecule has 5 heteroatoms. The molecule has 1 heterocycles. The van der Waals surface area contributed by atoms with Gasteiger partial charge in [-0.25, -0.2) is 0 Å². The SMILES string of the molecule is COc1ccc(CC(O)c2cscc2Br)cc1OC. The van der Waals surface area contributed by atoms with E-state index in [0.717, 1.165) is 15.6 Å². The molecule has 1 atom stereocenters. The fourth-order valence-electron chi connectivity index (χ4n) is 1.87. The van der Waals surface area contributed by atoms with Crippen molar-refractivity contribution in [1.29, 1.82) is 0 Å². The first-order chi connectivity index (χ1) is 9.15. The van der Waals surface area contributed by atoms with Gasteiger partial charge in [-0.3, -0.25) is 0 Å². The highest BCUT2D eigenvalue weighted by Crippen LogP contribution is 2.32. The van der Waals surface area contributed by atoms with Gasteiger partial charge in [-0.15, -0.1) is 0 Å². The van der Waals surface area contributed by atoms with Crippen molar-refractivity contribution >= 4 is 27.3 Å². The van der Waals surface area contributed by atoms with Crippen molar-refractivity contribution in [1.82, 2.24) is 0 Å². The van der Waals surface area contributed by atoms with Gasteiger partial charge in [0, 0.05) is 21.8 Å². The van der Waals surface area contributed by atoms with Crippen LogP contribution in [0.3, 0.4) is 0 Å². The second-order valence-corrected chi connectivity index (χ2v) is 5.68.